The van der Waals surface area contributed by atoms with E-state index in [4.69, 9.17) is 4.74 Å². The van der Waals surface area contributed by atoms with Gasteiger partial charge in [-0.05, 0) is 56.6 Å². The van der Waals surface area contributed by atoms with Gasteiger partial charge >= 0.3 is 0 Å². The van der Waals surface area contributed by atoms with E-state index in [0.717, 1.165) is 31.9 Å². The van der Waals surface area contributed by atoms with Crippen molar-refractivity contribution in [2.75, 3.05) is 39.8 Å². The summed E-state index contributed by atoms with van der Waals surface area (Å²) in [5, 5.41) is 3.43. The van der Waals surface area contributed by atoms with Crippen LogP contribution in [0.15, 0.2) is 18.2 Å². The van der Waals surface area contributed by atoms with Crippen LogP contribution >= 0.6 is 0 Å². The zero-order valence-electron chi connectivity index (χ0n) is 12.9. The Hall–Kier alpha value is -1.32. The number of hydrogen-bond donors (Lipinski definition) is 1. The lowest BCUT2D eigenvalue weighted by molar-refractivity contribution is 0.324. The molecule has 1 saturated heterocycles. The first kappa shape index (κ1) is 15.1. The molecule has 110 valence electrons. The fraction of sp³-hybridized carbons (Fsp3) is 0.529. The molecule has 0 spiro atoms. The molecule has 2 rings (SSSR count). The third kappa shape index (κ3) is 4.09. The molecule has 1 aromatic rings. The minimum Gasteiger partial charge on any atom is -0.496 e. The van der Waals surface area contributed by atoms with Crippen molar-refractivity contribution >= 4 is 6.08 Å². The van der Waals surface area contributed by atoms with Gasteiger partial charge in [-0.25, -0.2) is 0 Å². The van der Waals surface area contributed by atoms with Crippen LogP contribution in [0.5, 0.6) is 5.75 Å². The fourth-order valence-corrected chi connectivity index (χ4v) is 2.53. The molecule has 1 fully saturated rings. The smallest absolute Gasteiger partial charge is 0.126 e. The summed E-state index contributed by atoms with van der Waals surface area (Å²) in [6.07, 6.45) is 5.67. The largest absolute Gasteiger partial charge is 0.496 e. The van der Waals surface area contributed by atoms with E-state index in [1.54, 1.807) is 7.11 Å². The molecule has 0 saturated carbocycles. The number of aryl methyl sites for hydroxylation is 2. The zero-order valence-corrected chi connectivity index (χ0v) is 12.9. The van der Waals surface area contributed by atoms with E-state index < -0.39 is 0 Å². The lowest BCUT2D eigenvalue weighted by Gasteiger charge is -2.17. The van der Waals surface area contributed by atoms with Crippen molar-refractivity contribution in [1.82, 2.24) is 10.2 Å². The van der Waals surface area contributed by atoms with Gasteiger partial charge in [-0.15, -0.1) is 0 Å². The number of hydrogen-bond acceptors (Lipinski definition) is 3. The van der Waals surface area contributed by atoms with Crippen molar-refractivity contribution in [3.8, 4) is 5.75 Å². The van der Waals surface area contributed by atoms with E-state index in [1.807, 2.05) is 0 Å². The Labute approximate surface area is 122 Å². The topological polar surface area (TPSA) is 24.5 Å². The van der Waals surface area contributed by atoms with Crippen molar-refractivity contribution in [2.24, 2.45) is 0 Å². The molecule has 20 heavy (non-hydrogen) atoms. The van der Waals surface area contributed by atoms with Gasteiger partial charge in [-0.2, -0.15) is 0 Å². The van der Waals surface area contributed by atoms with Crippen LogP contribution in [0.2, 0.25) is 0 Å². The van der Waals surface area contributed by atoms with Crippen molar-refractivity contribution in [3.63, 3.8) is 0 Å². The molecule has 0 bridgehead atoms. The maximum absolute atomic E-state index is 5.47. The summed E-state index contributed by atoms with van der Waals surface area (Å²) in [4.78, 5) is 2.49. The molecule has 1 N–H and O–H groups in total. The number of ether oxygens (including phenoxy) is 1. The van der Waals surface area contributed by atoms with Crippen LogP contribution in [0, 0.1) is 13.8 Å². The standard InChI is InChI=1S/C17H26N2O/c1-14-12-16(17(20-3)13-15(14)2)6-4-9-19-10-5-7-18-8-11-19/h4,6,12-13,18H,5,7-11H2,1-3H3/b6-4+. The van der Waals surface area contributed by atoms with Gasteiger partial charge in [0.1, 0.15) is 5.75 Å². The predicted octanol–water partition coefficient (Wildman–Crippen LogP) is 2.62. The Morgan fingerprint density at radius 3 is 2.80 bits per heavy atom. The average Bonchev–Trinajstić information content (AvgIpc) is 2.71. The highest BCUT2D eigenvalue weighted by Gasteiger charge is 2.07. The van der Waals surface area contributed by atoms with E-state index in [2.05, 4.69) is 48.3 Å². The monoisotopic (exact) mass is 274 g/mol. The Bertz CT molecular complexity index is 460. The molecule has 0 aromatic heterocycles. The van der Waals surface area contributed by atoms with E-state index in [0.29, 0.717) is 0 Å². The summed E-state index contributed by atoms with van der Waals surface area (Å²) < 4.78 is 5.47. The van der Waals surface area contributed by atoms with Gasteiger partial charge in [-0.1, -0.05) is 12.2 Å². The molecule has 1 aromatic carbocycles. The second-order valence-electron chi connectivity index (χ2n) is 5.48. The van der Waals surface area contributed by atoms with Crippen molar-refractivity contribution in [3.05, 3.63) is 34.9 Å². The summed E-state index contributed by atoms with van der Waals surface area (Å²) in [7, 11) is 1.74. The minimum atomic E-state index is 0.960. The lowest BCUT2D eigenvalue weighted by Crippen LogP contribution is -2.28. The highest BCUT2D eigenvalue weighted by Crippen LogP contribution is 2.24. The number of rotatable bonds is 4. The van der Waals surface area contributed by atoms with Crippen LogP contribution < -0.4 is 10.1 Å². The molecule has 0 aliphatic carbocycles. The van der Waals surface area contributed by atoms with E-state index in [1.165, 1.54) is 29.7 Å². The zero-order chi connectivity index (χ0) is 14.4. The molecular weight excluding hydrogens is 248 g/mol. The Kier molecular flexibility index (Phi) is 5.62. The maximum atomic E-state index is 5.47. The lowest BCUT2D eigenvalue weighted by atomic mass is 10.0. The van der Waals surface area contributed by atoms with Gasteiger partial charge < -0.3 is 10.1 Å². The van der Waals surface area contributed by atoms with E-state index >= 15 is 0 Å². The fourth-order valence-electron chi connectivity index (χ4n) is 2.53. The first-order valence-electron chi connectivity index (χ1n) is 7.45. The van der Waals surface area contributed by atoms with Crippen LogP contribution in [0.3, 0.4) is 0 Å². The highest BCUT2D eigenvalue weighted by molar-refractivity contribution is 5.59. The van der Waals surface area contributed by atoms with Crippen LogP contribution in [-0.4, -0.2) is 44.7 Å². The van der Waals surface area contributed by atoms with Crippen molar-refractivity contribution < 1.29 is 4.74 Å². The first-order valence-corrected chi connectivity index (χ1v) is 7.45. The highest BCUT2D eigenvalue weighted by atomic mass is 16.5. The average molecular weight is 274 g/mol. The normalized spacial score (nSPS) is 17.4. The summed E-state index contributed by atoms with van der Waals surface area (Å²) in [5.74, 6) is 0.960. The molecule has 0 atom stereocenters. The van der Waals surface area contributed by atoms with Gasteiger partial charge in [0.05, 0.1) is 7.11 Å². The van der Waals surface area contributed by atoms with Gasteiger partial charge in [0.15, 0.2) is 0 Å². The van der Waals surface area contributed by atoms with E-state index in [9.17, 15) is 0 Å². The molecule has 1 aliphatic rings. The number of benzene rings is 1. The quantitative estimate of drug-likeness (QED) is 0.913. The number of nitrogens with one attached hydrogen (secondary N) is 1. The van der Waals surface area contributed by atoms with Gasteiger partial charge in [0.25, 0.3) is 0 Å². The van der Waals surface area contributed by atoms with Crippen LogP contribution in [0.1, 0.15) is 23.1 Å². The summed E-state index contributed by atoms with van der Waals surface area (Å²) >= 11 is 0. The molecule has 1 aliphatic heterocycles. The van der Waals surface area contributed by atoms with Crippen molar-refractivity contribution in [2.45, 2.75) is 20.3 Å². The predicted molar refractivity (Wildman–Crippen MR) is 85.4 cm³/mol. The Balaban J connectivity index is 2.01. The second kappa shape index (κ2) is 7.46. The molecular formula is C17H26N2O. The minimum absolute atomic E-state index is 0.960. The van der Waals surface area contributed by atoms with Crippen molar-refractivity contribution in [1.29, 1.82) is 0 Å². The molecule has 1 heterocycles. The van der Waals surface area contributed by atoms with Gasteiger partial charge in [-0.3, -0.25) is 4.90 Å². The van der Waals surface area contributed by atoms with E-state index in [-0.39, 0.29) is 0 Å². The summed E-state index contributed by atoms with van der Waals surface area (Å²) in [6, 6.07) is 4.32. The third-order valence-electron chi connectivity index (χ3n) is 3.94. The SMILES string of the molecule is COc1cc(C)c(C)cc1/C=C/CN1CCCNCC1. The third-order valence-corrected chi connectivity index (χ3v) is 3.94. The molecule has 0 amide bonds. The van der Waals surface area contributed by atoms with Crippen LogP contribution in [0.4, 0.5) is 0 Å². The van der Waals surface area contributed by atoms with Crippen LogP contribution in [0.25, 0.3) is 6.08 Å². The summed E-state index contributed by atoms with van der Waals surface area (Å²) in [5.41, 5.74) is 3.76. The van der Waals surface area contributed by atoms with Crippen LogP contribution in [-0.2, 0) is 0 Å². The van der Waals surface area contributed by atoms with Gasteiger partial charge in [0.2, 0.25) is 0 Å². The second-order valence-corrected chi connectivity index (χ2v) is 5.48. The Morgan fingerprint density at radius 1 is 1.20 bits per heavy atom. The summed E-state index contributed by atoms with van der Waals surface area (Å²) in [6.45, 7) is 9.84. The van der Waals surface area contributed by atoms with Gasteiger partial charge in [0, 0.05) is 25.2 Å². The number of nitrogens with zero attached hydrogens (tertiary/aromatic N) is 1. The molecule has 3 heteroatoms. The molecule has 0 unspecified atom stereocenters. The number of methoxy groups -OCH3 is 1. The molecule has 3 nitrogen and oxygen atoms in total. The molecule has 0 radical (unpaired) electrons. The maximum Gasteiger partial charge on any atom is 0.126 e. The Morgan fingerprint density at radius 2 is 2.00 bits per heavy atom. The first-order chi connectivity index (χ1) is 9.70.